The number of carbonyl (C=O) groups is 2. The Kier molecular flexibility index (Phi) is 9.06. The lowest BCUT2D eigenvalue weighted by molar-refractivity contribution is -0.145. The Bertz CT molecular complexity index is 1520. The highest BCUT2D eigenvalue weighted by molar-refractivity contribution is 7.89. The molecule has 3 atom stereocenters. The van der Waals surface area contributed by atoms with Crippen LogP contribution in [-0.2, 0) is 26.1 Å². The van der Waals surface area contributed by atoms with E-state index >= 15 is 0 Å². The third kappa shape index (κ3) is 5.96. The minimum absolute atomic E-state index is 0.00528. The van der Waals surface area contributed by atoms with Crippen LogP contribution >= 0.6 is 11.3 Å². The normalized spacial score (nSPS) is 18.2. The van der Waals surface area contributed by atoms with Crippen LogP contribution in [0.3, 0.4) is 0 Å². The van der Waals surface area contributed by atoms with Crippen LogP contribution in [0, 0.1) is 18.7 Å². The highest BCUT2D eigenvalue weighted by Gasteiger charge is 2.36. The molecule has 0 aliphatic carbocycles. The van der Waals surface area contributed by atoms with Gasteiger partial charge in [-0.1, -0.05) is 38.5 Å². The standard InChI is InChI=1S/C29H33FN2O6S2/c1-6-7-22-16-32(40(35,36)26-14-31-11-10-24(26)38-22)15-21-12-20(9-8-17(21)2)27(18(3)29(34)37-5)25-13-23(30)28(39-25)19(4)33/h8-14,18,22,27H,6-7,15-16H2,1-5H3/t18?,22-,27?/m1/s1. The Balaban J connectivity index is 1.78. The van der Waals surface area contributed by atoms with E-state index in [1.165, 1.54) is 36.8 Å². The van der Waals surface area contributed by atoms with E-state index in [2.05, 4.69) is 4.98 Å². The van der Waals surface area contributed by atoms with Gasteiger partial charge in [0.15, 0.2) is 5.78 Å². The van der Waals surface area contributed by atoms with Gasteiger partial charge in [-0.15, -0.1) is 11.3 Å². The molecule has 2 unspecified atom stereocenters. The van der Waals surface area contributed by atoms with E-state index in [0.29, 0.717) is 16.9 Å². The van der Waals surface area contributed by atoms with Crippen molar-refractivity contribution < 1.29 is 31.9 Å². The maximum Gasteiger partial charge on any atom is 0.309 e. The number of methoxy groups -OCH3 is 1. The number of Topliss-reactive ketones (excluding diaryl/α,β-unsaturated/α-hetero) is 1. The molecular weight excluding hydrogens is 555 g/mol. The number of sulfonamides is 1. The van der Waals surface area contributed by atoms with E-state index in [0.717, 1.165) is 28.9 Å². The molecule has 3 heterocycles. The largest absolute Gasteiger partial charge is 0.488 e. The summed E-state index contributed by atoms with van der Waals surface area (Å²) in [6, 6.07) is 8.41. The number of aromatic nitrogens is 1. The van der Waals surface area contributed by atoms with Gasteiger partial charge in [0, 0.05) is 30.5 Å². The Morgan fingerprint density at radius 1 is 1.27 bits per heavy atom. The van der Waals surface area contributed by atoms with Crippen LogP contribution in [0.2, 0.25) is 0 Å². The first kappa shape index (κ1) is 29.8. The topological polar surface area (TPSA) is 103 Å². The summed E-state index contributed by atoms with van der Waals surface area (Å²) in [6.07, 6.45) is 3.97. The Morgan fingerprint density at radius 2 is 2.02 bits per heavy atom. The van der Waals surface area contributed by atoms with Crippen molar-refractivity contribution in [2.24, 2.45) is 5.92 Å². The van der Waals surface area contributed by atoms with Crippen molar-refractivity contribution in [3.63, 3.8) is 0 Å². The predicted octanol–water partition coefficient (Wildman–Crippen LogP) is 5.49. The van der Waals surface area contributed by atoms with Crippen LogP contribution in [0.5, 0.6) is 5.75 Å². The number of fused-ring (bicyclic) bond motifs is 1. The fraction of sp³-hybridized carbons (Fsp3) is 0.414. The number of esters is 1. The van der Waals surface area contributed by atoms with Gasteiger partial charge in [0.1, 0.15) is 27.4 Å². The summed E-state index contributed by atoms with van der Waals surface area (Å²) >= 11 is 1.01. The number of rotatable bonds is 9. The molecule has 11 heteroatoms. The zero-order chi connectivity index (χ0) is 29.2. The fourth-order valence-corrected chi connectivity index (χ4v) is 7.69. The summed E-state index contributed by atoms with van der Waals surface area (Å²) < 4.78 is 54.6. The van der Waals surface area contributed by atoms with Gasteiger partial charge in [0.25, 0.3) is 0 Å². The van der Waals surface area contributed by atoms with Gasteiger partial charge in [0.2, 0.25) is 10.0 Å². The van der Waals surface area contributed by atoms with Crippen LogP contribution < -0.4 is 4.74 Å². The molecule has 2 aromatic heterocycles. The van der Waals surface area contributed by atoms with Gasteiger partial charge in [-0.05, 0) is 42.2 Å². The molecule has 3 aromatic rings. The van der Waals surface area contributed by atoms with E-state index in [-0.39, 0.29) is 34.7 Å². The first-order chi connectivity index (χ1) is 19.0. The summed E-state index contributed by atoms with van der Waals surface area (Å²) in [7, 11) is -2.64. The number of carbonyl (C=O) groups excluding carboxylic acids is 2. The van der Waals surface area contributed by atoms with E-state index in [4.69, 9.17) is 9.47 Å². The van der Waals surface area contributed by atoms with Gasteiger partial charge in [-0.3, -0.25) is 14.6 Å². The molecule has 1 aliphatic heterocycles. The van der Waals surface area contributed by atoms with Crippen molar-refractivity contribution in [3.8, 4) is 5.75 Å². The minimum Gasteiger partial charge on any atom is -0.488 e. The Morgan fingerprint density at radius 3 is 2.67 bits per heavy atom. The molecule has 0 spiro atoms. The molecule has 1 aliphatic rings. The lowest BCUT2D eigenvalue weighted by Crippen LogP contribution is -2.36. The zero-order valence-electron chi connectivity index (χ0n) is 23.1. The lowest BCUT2D eigenvalue weighted by Gasteiger charge is -2.26. The zero-order valence-corrected chi connectivity index (χ0v) is 24.8. The van der Waals surface area contributed by atoms with Crippen molar-refractivity contribution >= 4 is 33.1 Å². The van der Waals surface area contributed by atoms with Crippen LogP contribution in [0.15, 0.2) is 47.6 Å². The maximum absolute atomic E-state index is 14.7. The third-order valence-electron chi connectivity index (χ3n) is 7.16. The number of ether oxygens (including phenoxy) is 2. The molecule has 0 saturated heterocycles. The molecule has 0 N–H and O–H groups in total. The van der Waals surface area contributed by atoms with E-state index in [9.17, 15) is 22.4 Å². The molecule has 0 saturated carbocycles. The SMILES string of the molecule is CCC[C@@H]1CN(Cc2cc(C(c3cc(F)c(C(C)=O)s3)C(C)C(=O)OC)ccc2C)S(=O)(=O)c2cnccc2O1. The van der Waals surface area contributed by atoms with Gasteiger partial charge in [0.05, 0.1) is 25.8 Å². The molecule has 0 bridgehead atoms. The van der Waals surface area contributed by atoms with Gasteiger partial charge < -0.3 is 9.47 Å². The number of ketones is 1. The molecule has 1 aromatic carbocycles. The van der Waals surface area contributed by atoms with Gasteiger partial charge in [-0.25, -0.2) is 12.8 Å². The number of hydrogen-bond donors (Lipinski definition) is 0. The fourth-order valence-electron chi connectivity index (χ4n) is 5.01. The summed E-state index contributed by atoms with van der Waals surface area (Å²) in [5.41, 5.74) is 2.27. The second-order valence-corrected chi connectivity index (χ2v) is 13.0. The highest BCUT2D eigenvalue weighted by Crippen LogP contribution is 2.39. The van der Waals surface area contributed by atoms with Gasteiger partial charge in [-0.2, -0.15) is 4.31 Å². The second kappa shape index (κ2) is 12.2. The molecule has 214 valence electrons. The maximum atomic E-state index is 14.7. The van der Waals surface area contributed by atoms with E-state index in [1.54, 1.807) is 13.0 Å². The highest BCUT2D eigenvalue weighted by atomic mass is 32.2. The summed E-state index contributed by atoms with van der Waals surface area (Å²) in [6.45, 7) is 7.12. The smallest absolute Gasteiger partial charge is 0.309 e. The van der Waals surface area contributed by atoms with Crippen molar-refractivity contribution in [1.29, 1.82) is 0 Å². The number of thiophene rings is 1. The molecule has 40 heavy (non-hydrogen) atoms. The van der Waals surface area contributed by atoms with Crippen molar-refractivity contribution in [3.05, 3.63) is 75.0 Å². The van der Waals surface area contributed by atoms with Gasteiger partial charge >= 0.3 is 5.97 Å². The Labute approximate surface area is 238 Å². The van der Waals surface area contributed by atoms with Crippen molar-refractivity contribution in [2.45, 2.75) is 64.0 Å². The van der Waals surface area contributed by atoms with Crippen molar-refractivity contribution in [2.75, 3.05) is 13.7 Å². The number of benzene rings is 1. The van der Waals surface area contributed by atoms with Crippen LogP contribution in [-0.4, -0.2) is 49.2 Å². The number of nitrogens with zero attached hydrogens (tertiary/aromatic N) is 2. The van der Waals surface area contributed by atoms with E-state index in [1.807, 2.05) is 32.0 Å². The van der Waals surface area contributed by atoms with Crippen LogP contribution in [0.1, 0.15) is 70.8 Å². The number of aryl methyl sites for hydroxylation is 1. The minimum atomic E-state index is -3.93. The van der Waals surface area contributed by atoms with Crippen LogP contribution in [0.25, 0.3) is 0 Å². The monoisotopic (exact) mass is 588 g/mol. The molecule has 8 nitrogen and oxygen atoms in total. The average molecular weight is 589 g/mol. The molecule has 0 fully saturated rings. The van der Waals surface area contributed by atoms with E-state index < -0.39 is 39.4 Å². The van der Waals surface area contributed by atoms with Crippen molar-refractivity contribution in [1.82, 2.24) is 9.29 Å². The average Bonchev–Trinajstić information content (AvgIpc) is 3.26. The predicted molar refractivity (Wildman–Crippen MR) is 150 cm³/mol. The summed E-state index contributed by atoms with van der Waals surface area (Å²) in [5.74, 6) is -2.53. The molecule has 0 radical (unpaired) electrons. The first-order valence-electron chi connectivity index (χ1n) is 13.1. The summed E-state index contributed by atoms with van der Waals surface area (Å²) in [5, 5.41) is 0. The summed E-state index contributed by atoms with van der Waals surface area (Å²) in [4.78, 5) is 29.2. The quantitative estimate of drug-likeness (QED) is 0.241. The molecule has 0 amide bonds. The molecular formula is C29H33FN2O6S2. The number of halogens is 1. The van der Waals surface area contributed by atoms with Crippen LogP contribution in [0.4, 0.5) is 4.39 Å². The number of pyridine rings is 1. The number of hydrogen-bond acceptors (Lipinski definition) is 8. The Hall–Kier alpha value is -3.15. The lowest BCUT2D eigenvalue weighted by atomic mass is 9.84. The molecule has 4 rings (SSSR count). The third-order valence-corrected chi connectivity index (χ3v) is 10.3. The first-order valence-corrected chi connectivity index (χ1v) is 15.3. The second-order valence-electron chi connectivity index (χ2n) is 10.0.